The van der Waals surface area contributed by atoms with Gasteiger partial charge in [-0.15, -0.1) is 35.3 Å². The number of benzene rings is 12. The Morgan fingerprint density at radius 2 is 0.822 bits per heavy atom. The first-order chi connectivity index (χ1) is 50.8. The second kappa shape index (κ2) is 34.0. The van der Waals surface area contributed by atoms with Crippen molar-refractivity contribution in [1.82, 2.24) is 0 Å². The van der Waals surface area contributed by atoms with Gasteiger partial charge in [0.15, 0.2) is 0 Å². The van der Waals surface area contributed by atoms with Crippen LogP contribution in [0.15, 0.2) is 278 Å². The van der Waals surface area contributed by atoms with Crippen molar-refractivity contribution in [3.8, 4) is 56.8 Å². The average molecular weight is 1570 g/mol. The van der Waals surface area contributed by atoms with Gasteiger partial charge in [-0.2, -0.15) is 13.2 Å². The highest BCUT2D eigenvalue weighted by Gasteiger charge is 2.31. The lowest BCUT2D eigenvalue weighted by atomic mass is 10.0. The van der Waals surface area contributed by atoms with E-state index >= 15 is 0 Å². The lowest BCUT2D eigenvalue weighted by Crippen LogP contribution is -2.13. The number of carboxylic acids is 2. The minimum atomic E-state index is -4.54. The van der Waals surface area contributed by atoms with E-state index < -0.39 is 59.6 Å². The number of carbonyl (C=O) groups is 2. The van der Waals surface area contributed by atoms with E-state index in [-0.39, 0.29) is 98.7 Å². The number of nitrogens with one attached hydrogen (secondary N) is 3. The number of carboxylic acid groups (broad SMARTS) is 2. The van der Waals surface area contributed by atoms with Crippen LogP contribution in [0.4, 0.5) is 34.6 Å². The Bertz CT molecular complexity index is 5680. The van der Waals surface area contributed by atoms with Crippen molar-refractivity contribution in [2.75, 3.05) is 38.0 Å². The maximum absolute atomic E-state index is 14.9. The summed E-state index contributed by atoms with van der Waals surface area (Å²) in [7, 11) is -12.3. The average Bonchev–Trinajstić information content (AvgIpc) is 0.794. The van der Waals surface area contributed by atoms with E-state index in [2.05, 4.69) is 20.7 Å². The maximum atomic E-state index is 14.9. The van der Waals surface area contributed by atoms with Crippen molar-refractivity contribution in [2.24, 2.45) is 5.92 Å². The van der Waals surface area contributed by atoms with E-state index in [0.717, 1.165) is 47.4 Å². The third-order valence-electron chi connectivity index (χ3n) is 15.5. The fraction of sp³-hybridized carbons (Fsp3) is 0.103. The lowest BCUT2D eigenvalue weighted by molar-refractivity contribution is -0.137. The van der Waals surface area contributed by atoms with Crippen LogP contribution in [-0.4, -0.2) is 91.7 Å². The van der Waals surface area contributed by atoms with E-state index in [1.807, 2.05) is 44.2 Å². The molecule has 0 aromatic heterocycles. The maximum Gasteiger partial charge on any atom is 0.416 e. The topological polar surface area (TPSA) is 312 Å². The number of aliphatic hydroxyl groups is 1. The van der Waals surface area contributed by atoms with E-state index in [9.17, 15) is 72.8 Å². The SMILES string of the molecule is C=C(O)CSc1cc(NS(=O)(=O)c2ccc(Oc3ccccc3)cc2)c2ccccc2c1O.CC(C)COc1ccc(-c2cccc(S(=O)(=O)Nc3cc(SCC(=O)O)c(O)c4ccccc34)c2)c(F)c1.O=C(O)CSc1cc(NS(=O)(=O)c2cccc(-c3cccc(C(F)(F)F)c3)c2)c2ccccc2c1O. The minimum Gasteiger partial charge on any atom is -0.512 e. The predicted molar refractivity (Wildman–Crippen MR) is 410 cm³/mol. The molecule has 0 radical (unpaired) electrons. The molecular weight excluding hydrogens is 1500 g/mol. The molecule has 0 aliphatic heterocycles. The van der Waals surface area contributed by atoms with Gasteiger partial charge in [0, 0.05) is 43.9 Å². The van der Waals surface area contributed by atoms with Gasteiger partial charge in [0.2, 0.25) is 0 Å². The first kappa shape index (κ1) is 78.5. The van der Waals surface area contributed by atoms with Crippen LogP contribution >= 0.6 is 35.3 Å². The van der Waals surface area contributed by atoms with Gasteiger partial charge in [0.25, 0.3) is 30.1 Å². The molecule has 0 atom stereocenters. The van der Waals surface area contributed by atoms with Gasteiger partial charge in [-0.3, -0.25) is 23.8 Å². The molecule has 9 N–H and O–H groups in total. The summed E-state index contributed by atoms with van der Waals surface area (Å²) in [5, 5.41) is 61.8. The molecule has 0 heterocycles. The number of para-hydroxylation sites is 1. The molecule has 12 rings (SSSR count). The van der Waals surface area contributed by atoms with E-state index in [1.165, 1.54) is 84.9 Å². The molecule has 552 valence electrons. The predicted octanol–water partition coefficient (Wildman–Crippen LogP) is 18.9. The molecule has 0 aliphatic rings. The normalized spacial score (nSPS) is 11.6. The fourth-order valence-electron chi connectivity index (χ4n) is 10.6. The second-order valence-electron chi connectivity index (χ2n) is 23.9. The van der Waals surface area contributed by atoms with Crippen molar-refractivity contribution in [3.63, 3.8) is 0 Å². The standard InChI is InChI=1S/C28H26FNO6S2.C25H18F3NO5S2.C25H21NO5S2/c1-17(2)15-36-19-10-11-21(24(29)13-19)18-6-5-7-20(12-18)38(34,35)30-25-14-26(37-16-27(31)32)28(33)23-9-4-3-8-22(23)25;26-25(27,28)17-7-3-5-15(11-17)16-6-4-8-18(12-16)36(33,34)29-21-13-22(35-14-23(30)31)24(32)20-10-2-1-9-19(20)21;1-17(27)16-32-24-15-23(21-9-5-6-10-22(21)25(24)28)26-33(29,30)20-13-11-19(12-14-20)31-18-7-3-2-4-8-18/h3-14,17,30,33H,15-16H2,1-2H3,(H,31,32);1-13,29,32H,14H2,(H,30,31);2-15,26-28H,1,16H2. The summed E-state index contributed by atoms with van der Waals surface area (Å²) in [4.78, 5) is 22.7. The van der Waals surface area contributed by atoms with Gasteiger partial charge >= 0.3 is 18.1 Å². The number of alkyl halides is 3. The molecular formula is C78H65F4N3O16S6. The molecule has 0 saturated heterocycles. The van der Waals surface area contributed by atoms with E-state index in [1.54, 1.807) is 109 Å². The molecule has 12 aromatic rings. The zero-order valence-electron chi connectivity index (χ0n) is 56.4. The molecule has 107 heavy (non-hydrogen) atoms. The number of ether oxygens (including phenoxy) is 2. The number of aromatic hydroxyl groups is 3. The number of thioether (sulfide) groups is 3. The summed E-state index contributed by atoms with van der Waals surface area (Å²) in [5.41, 5.74) is 0.819. The van der Waals surface area contributed by atoms with Gasteiger partial charge in [0.1, 0.15) is 40.3 Å². The third-order valence-corrected chi connectivity index (χ3v) is 22.8. The molecule has 0 fully saturated rings. The number of sulfonamides is 3. The zero-order valence-corrected chi connectivity index (χ0v) is 61.3. The summed E-state index contributed by atoms with van der Waals surface area (Å²) in [6.45, 7) is 7.87. The Balaban J connectivity index is 0.000000172. The van der Waals surface area contributed by atoms with Crippen LogP contribution in [0, 0.1) is 11.7 Å². The highest BCUT2D eigenvalue weighted by molar-refractivity contribution is 8.00. The van der Waals surface area contributed by atoms with Crippen LogP contribution < -0.4 is 23.6 Å². The van der Waals surface area contributed by atoms with Gasteiger partial charge in [-0.25, -0.2) is 29.6 Å². The highest BCUT2D eigenvalue weighted by Crippen LogP contribution is 2.45. The number of rotatable bonds is 25. The number of halogens is 4. The number of hydrogen-bond donors (Lipinski definition) is 9. The number of phenolic OH excluding ortho intramolecular Hbond substituents is 3. The Kier molecular flexibility index (Phi) is 24.9. The molecule has 0 unspecified atom stereocenters. The van der Waals surface area contributed by atoms with Crippen molar-refractivity contribution >= 4 is 127 Å². The van der Waals surface area contributed by atoms with Crippen molar-refractivity contribution < 1.29 is 92.5 Å². The fourth-order valence-corrected chi connectivity index (χ4v) is 16.1. The lowest BCUT2D eigenvalue weighted by Gasteiger charge is -2.15. The number of phenols is 3. The Morgan fingerprint density at radius 1 is 0.439 bits per heavy atom. The van der Waals surface area contributed by atoms with Gasteiger partial charge < -0.3 is 40.1 Å². The van der Waals surface area contributed by atoms with E-state index in [4.69, 9.17) is 19.7 Å². The van der Waals surface area contributed by atoms with Gasteiger partial charge in [0.05, 0.1) is 81.6 Å². The summed E-state index contributed by atoms with van der Waals surface area (Å²) < 4.78 is 153. The first-order valence-corrected chi connectivity index (χ1v) is 39.4. The number of hydrogen-bond acceptors (Lipinski definition) is 17. The summed E-state index contributed by atoms with van der Waals surface area (Å²) in [6.07, 6.45) is -4.54. The second-order valence-corrected chi connectivity index (χ2v) is 32.0. The Hall–Kier alpha value is -11.1. The monoisotopic (exact) mass is 1570 g/mol. The van der Waals surface area contributed by atoms with Crippen LogP contribution in [0.3, 0.4) is 0 Å². The van der Waals surface area contributed by atoms with Crippen LogP contribution in [0.25, 0.3) is 54.6 Å². The Morgan fingerprint density at radius 3 is 1.25 bits per heavy atom. The van der Waals surface area contributed by atoms with Crippen molar-refractivity contribution in [2.45, 2.75) is 49.4 Å². The zero-order chi connectivity index (χ0) is 77.0. The van der Waals surface area contributed by atoms with Gasteiger partial charge in [-0.05, 0) is 126 Å². The molecule has 0 aliphatic carbocycles. The molecule has 0 amide bonds. The quantitative estimate of drug-likeness (QED) is 0.0111. The molecule has 29 heteroatoms. The number of fused-ring (bicyclic) bond motifs is 3. The largest absolute Gasteiger partial charge is 0.512 e. The molecule has 0 bridgehead atoms. The highest BCUT2D eigenvalue weighted by atomic mass is 32.2. The van der Waals surface area contributed by atoms with Crippen LogP contribution in [0.2, 0.25) is 0 Å². The molecule has 0 saturated carbocycles. The first-order valence-electron chi connectivity index (χ1n) is 32.0. The summed E-state index contributed by atoms with van der Waals surface area (Å²) >= 11 is 2.87. The third kappa shape index (κ3) is 20.1. The molecule has 0 spiro atoms. The molecule has 19 nitrogen and oxygen atoms in total. The number of aliphatic carboxylic acids is 2. The van der Waals surface area contributed by atoms with Crippen molar-refractivity contribution in [3.05, 3.63) is 260 Å². The summed E-state index contributed by atoms with van der Waals surface area (Å²) in [6, 6.07) is 60.1. The summed E-state index contributed by atoms with van der Waals surface area (Å²) in [5.74, 6) is -1.73. The number of aliphatic hydroxyl groups excluding tert-OH is 1. The smallest absolute Gasteiger partial charge is 0.416 e. The van der Waals surface area contributed by atoms with Crippen LogP contribution in [0.1, 0.15) is 19.4 Å². The van der Waals surface area contributed by atoms with Crippen molar-refractivity contribution in [1.29, 1.82) is 0 Å². The number of anilines is 3. The van der Waals surface area contributed by atoms with Gasteiger partial charge in [-0.1, -0.05) is 148 Å². The molecule has 12 aromatic carbocycles. The van der Waals surface area contributed by atoms with E-state index in [0.29, 0.717) is 72.3 Å². The van der Waals surface area contributed by atoms with Crippen LogP contribution in [-0.2, 0) is 45.8 Å². The minimum absolute atomic E-state index is 0.0159. The van der Waals surface area contributed by atoms with Crippen LogP contribution in [0.5, 0.6) is 34.5 Å². The Labute approximate surface area is 625 Å².